The number of esters is 1. The van der Waals surface area contributed by atoms with Gasteiger partial charge in [0.1, 0.15) is 0 Å². The molecule has 5 nitrogen and oxygen atoms in total. The van der Waals surface area contributed by atoms with Crippen molar-refractivity contribution in [3.8, 4) is 0 Å². The lowest BCUT2D eigenvalue weighted by molar-refractivity contribution is -0.147. The van der Waals surface area contributed by atoms with Gasteiger partial charge < -0.3 is 10.1 Å². The maximum absolute atomic E-state index is 12.2. The summed E-state index contributed by atoms with van der Waals surface area (Å²) in [6.07, 6.45) is 1.50. The van der Waals surface area contributed by atoms with Gasteiger partial charge in [0.05, 0.1) is 19.6 Å². The highest BCUT2D eigenvalue weighted by Crippen LogP contribution is 2.23. The zero-order valence-corrected chi connectivity index (χ0v) is 15.1. The van der Waals surface area contributed by atoms with Crippen molar-refractivity contribution < 1.29 is 14.3 Å². The second-order valence-electron chi connectivity index (χ2n) is 7.45. The van der Waals surface area contributed by atoms with Crippen LogP contribution in [-0.4, -0.2) is 43.5 Å². The molecule has 5 heteroatoms. The van der Waals surface area contributed by atoms with E-state index in [1.807, 2.05) is 12.1 Å². The fourth-order valence-corrected chi connectivity index (χ4v) is 2.95. The predicted molar refractivity (Wildman–Crippen MR) is 95.0 cm³/mol. The van der Waals surface area contributed by atoms with Gasteiger partial charge in [-0.1, -0.05) is 32.9 Å². The third-order valence-electron chi connectivity index (χ3n) is 4.52. The van der Waals surface area contributed by atoms with Crippen LogP contribution in [0.2, 0.25) is 0 Å². The number of benzene rings is 1. The van der Waals surface area contributed by atoms with E-state index in [4.69, 9.17) is 4.74 Å². The lowest BCUT2D eigenvalue weighted by Crippen LogP contribution is -2.41. The standard InChI is InChI=1S/C19H28N2O3/c1-19(2,3)15-5-7-16(8-6-15)20-17(22)13-21-11-9-14(10-12-21)18(23)24-4/h5-8,14H,9-13H2,1-4H3,(H,20,22). The van der Waals surface area contributed by atoms with E-state index in [1.165, 1.54) is 12.7 Å². The van der Waals surface area contributed by atoms with Crippen LogP contribution in [0.1, 0.15) is 39.2 Å². The van der Waals surface area contributed by atoms with E-state index in [0.717, 1.165) is 31.6 Å². The first-order valence-electron chi connectivity index (χ1n) is 8.50. The Balaban J connectivity index is 1.81. The molecule has 2 rings (SSSR count). The van der Waals surface area contributed by atoms with Crippen LogP contribution >= 0.6 is 0 Å². The number of anilines is 1. The van der Waals surface area contributed by atoms with E-state index in [1.54, 1.807) is 0 Å². The largest absolute Gasteiger partial charge is 0.469 e. The van der Waals surface area contributed by atoms with Gasteiger partial charge in [-0.2, -0.15) is 0 Å². The minimum Gasteiger partial charge on any atom is -0.469 e. The molecule has 1 aliphatic rings. The van der Waals surface area contributed by atoms with E-state index in [2.05, 4.69) is 43.1 Å². The molecule has 0 spiro atoms. The molecule has 24 heavy (non-hydrogen) atoms. The summed E-state index contributed by atoms with van der Waals surface area (Å²) in [6, 6.07) is 8.00. The second-order valence-corrected chi connectivity index (χ2v) is 7.45. The van der Waals surface area contributed by atoms with Crippen LogP contribution < -0.4 is 5.32 Å². The third-order valence-corrected chi connectivity index (χ3v) is 4.52. The Morgan fingerprint density at radius 2 is 1.75 bits per heavy atom. The first kappa shape index (κ1) is 18.5. The first-order valence-corrected chi connectivity index (χ1v) is 8.50. The van der Waals surface area contributed by atoms with Crippen LogP contribution in [0.4, 0.5) is 5.69 Å². The molecule has 0 aliphatic carbocycles. The first-order chi connectivity index (χ1) is 11.3. The molecule has 1 saturated heterocycles. The highest BCUT2D eigenvalue weighted by Gasteiger charge is 2.26. The summed E-state index contributed by atoms with van der Waals surface area (Å²) in [5.74, 6) is -0.188. The second kappa shape index (κ2) is 7.79. The number of methoxy groups -OCH3 is 1. The monoisotopic (exact) mass is 332 g/mol. The average molecular weight is 332 g/mol. The molecule has 1 heterocycles. The van der Waals surface area contributed by atoms with E-state index in [-0.39, 0.29) is 23.2 Å². The van der Waals surface area contributed by atoms with Gasteiger partial charge in [0.2, 0.25) is 5.91 Å². The van der Waals surface area contributed by atoms with Crippen LogP contribution in [0.5, 0.6) is 0 Å². The van der Waals surface area contributed by atoms with Gasteiger partial charge in [0.15, 0.2) is 0 Å². The van der Waals surface area contributed by atoms with Crippen LogP contribution in [0.3, 0.4) is 0 Å². The van der Waals surface area contributed by atoms with Gasteiger partial charge in [0.25, 0.3) is 0 Å². The van der Waals surface area contributed by atoms with Crippen molar-refractivity contribution in [1.82, 2.24) is 4.90 Å². The smallest absolute Gasteiger partial charge is 0.308 e. The Morgan fingerprint density at radius 3 is 2.25 bits per heavy atom. The van der Waals surface area contributed by atoms with Crippen molar-refractivity contribution in [2.24, 2.45) is 5.92 Å². The van der Waals surface area contributed by atoms with Gasteiger partial charge in [-0.3, -0.25) is 14.5 Å². The zero-order valence-electron chi connectivity index (χ0n) is 15.1. The van der Waals surface area contributed by atoms with Gasteiger partial charge in [-0.25, -0.2) is 0 Å². The fraction of sp³-hybridized carbons (Fsp3) is 0.579. The van der Waals surface area contributed by atoms with Crippen molar-refractivity contribution in [2.45, 2.75) is 39.0 Å². The van der Waals surface area contributed by atoms with Gasteiger partial charge in [-0.15, -0.1) is 0 Å². The SMILES string of the molecule is COC(=O)C1CCN(CC(=O)Nc2ccc(C(C)(C)C)cc2)CC1. The summed E-state index contributed by atoms with van der Waals surface area (Å²) >= 11 is 0. The van der Waals surface area contributed by atoms with E-state index >= 15 is 0 Å². The van der Waals surface area contributed by atoms with Gasteiger partial charge >= 0.3 is 5.97 Å². The van der Waals surface area contributed by atoms with E-state index < -0.39 is 0 Å². The van der Waals surface area contributed by atoms with Crippen LogP contribution in [0, 0.1) is 5.92 Å². The minimum atomic E-state index is -0.141. The predicted octanol–water partition coefficient (Wildman–Crippen LogP) is 2.81. The quantitative estimate of drug-likeness (QED) is 0.862. The molecule has 1 aliphatic heterocycles. The number of carbonyl (C=O) groups excluding carboxylic acids is 2. The Labute approximate surface area is 144 Å². The van der Waals surface area contributed by atoms with Gasteiger partial charge in [-0.05, 0) is 49.0 Å². The van der Waals surface area contributed by atoms with E-state index in [9.17, 15) is 9.59 Å². The normalized spacial score (nSPS) is 16.7. The molecule has 0 radical (unpaired) electrons. The summed E-state index contributed by atoms with van der Waals surface area (Å²) in [5, 5.41) is 2.94. The summed E-state index contributed by atoms with van der Waals surface area (Å²) in [6.45, 7) is 8.34. The number of amides is 1. The van der Waals surface area contributed by atoms with Crippen LogP contribution in [-0.2, 0) is 19.7 Å². The summed E-state index contributed by atoms with van der Waals surface area (Å²) in [7, 11) is 1.42. The van der Waals surface area contributed by atoms with Crippen LogP contribution in [0.15, 0.2) is 24.3 Å². The lowest BCUT2D eigenvalue weighted by atomic mass is 9.87. The Morgan fingerprint density at radius 1 is 1.17 bits per heavy atom. The molecule has 0 aromatic heterocycles. The lowest BCUT2D eigenvalue weighted by Gasteiger charge is -2.30. The molecule has 1 aromatic carbocycles. The van der Waals surface area contributed by atoms with Crippen LogP contribution in [0.25, 0.3) is 0 Å². The molecule has 0 unspecified atom stereocenters. The molecule has 0 bridgehead atoms. The Hall–Kier alpha value is -1.88. The summed E-state index contributed by atoms with van der Waals surface area (Å²) in [4.78, 5) is 25.8. The Kier molecular flexibility index (Phi) is 5.99. The molecule has 1 amide bonds. The molecular weight excluding hydrogens is 304 g/mol. The molecule has 1 aromatic rings. The number of nitrogens with zero attached hydrogens (tertiary/aromatic N) is 1. The van der Waals surface area contributed by atoms with Crippen molar-refractivity contribution >= 4 is 17.6 Å². The molecule has 0 atom stereocenters. The van der Waals surface area contributed by atoms with Crippen molar-refractivity contribution in [1.29, 1.82) is 0 Å². The molecule has 1 fully saturated rings. The summed E-state index contributed by atoms with van der Waals surface area (Å²) in [5.41, 5.74) is 2.16. The third kappa shape index (κ3) is 5.06. The zero-order chi connectivity index (χ0) is 17.7. The molecule has 0 saturated carbocycles. The topological polar surface area (TPSA) is 58.6 Å². The fourth-order valence-electron chi connectivity index (χ4n) is 2.95. The maximum atomic E-state index is 12.2. The number of rotatable bonds is 4. The molecule has 132 valence electrons. The highest BCUT2D eigenvalue weighted by molar-refractivity contribution is 5.92. The molecular formula is C19H28N2O3. The van der Waals surface area contributed by atoms with Crippen molar-refractivity contribution in [3.05, 3.63) is 29.8 Å². The van der Waals surface area contributed by atoms with Crippen molar-refractivity contribution in [2.75, 3.05) is 32.1 Å². The number of likely N-dealkylation sites (tertiary alicyclic amines) is 1. The number of piperidine rings is 1. The Bertz CT molecular complexity index is 567. The number of hydrogen-bond acceptors (Lipinski definition) is 4. The van der Waals surface area contributed by atoms with Gasteiger partial charge in [0, 0.05) is 5.69 Å². The average Bonchev–Trinajstić information content (AvgIpc) is 2.54. The van der Waals surface area contributed by atoms with E-state index in [0.29, 0.717) is 6.54 Å². The van der Waals surface area contributed by atoms with Crippen molar-refractivity contribution in [3.63, 3.8) is 0 Å². The molecule has 1 N–H and O–H groups in total. The minimum absolute atomic E-state index is 0.0185. The number of hydrogen-bond donors (Lipinski definition) is 1. The number of ether oxygens (including phenoxy) is 1. The number of nitrogens with one attached hydrogen (secondary N) is 1. The highest BCUT2D eigenvalue weighted by atomic mass is 16.5. The summed E-state index contributed by atoms with van der Waals surface area (Å²) < 4.78 is 4.78. The maximum Gasteiger partial charge on any atom is 0.308 e. The number of carbonyl (C=O) groups is 2.